The molecule has 1 fully saturated rings. The number of carbonyl (C=O) groups excluding carboxylic acids is 1. The Hall–Kier alpha value is -2.07. The SMILES string of the molecule is Cc1noc(C)c1CC(=O)N[C@H]1CC[C@H](CCN2CCc3sc(OCC(F)F)nc3C2)CC1. The third-order valence-electron chi connectivity index (χ3n) is 6.70. The molecule has 4 rings (SSSR count). The van der Waals surface area contributed by atoms with Crippen molar-refractivity contribution in [3.63, 3.8) is 0 Å². The summed E-state index contributed by atoms with van der Waals surface area (Å²) in [6.07, 6.45) is 4.15. The summed E-state index contributed by atoms with van der Waals surface area (Å²) in [4.78, 5) is 20.4. The molecule has 182 valence electrons. The molecule has 2 aromatic heterocycles. The van der Waals surface area contributed by atoms with Gasteiger partial charge in [-0.05, 0) is 64.8 Å². The van der Waals surface area contributed by atoms with Crippen LogP contribution in [0.3, 0.4) is 0 Å². The number of carbonyl (C=O) groups is 1. The van der Waals surface area contributed by atoms with E-state index >= 15 is 0 Å². The minimum Gasteiger partial charge on any atom is -0.464 e. The molecule has 0 atom stereocenters. The summed E-state index contributed by atoms with van der Waals surface area (Å²) >= 11 is 1.40. The molecule has 1 aliphatic heterocycles. The summed E-state index contributed by atoms with van der Waals surface area (Å²) in [5.74, 6) is 1.42. The Kier molecular flexibility index (Phi) is 7.95. The van der Waals surface area contributed by atoms with Gasteiger partial charge in [-0.15, -0.1) is 0 Å². The second kappa shape index (κ2) is 10.9. The van der Waals surface area contributed by atoms with Crippen molar-refractivity contribution in [1.29, 1.82) is 0 Å². The zero-order valence-electron chi connectivity index (χ0n) is 19.2. The second-order valence-corrected chi connectivity index (χ2v) is 10.2. The number of amides is 1. The number of aryl methyl sites for hydroxylation is 2. The van der Waals surface area contributed by atoms with Crippen molar-refractivity contribution in [2.45, 2.75) is 77.8 Å². The van der Waals surface area contributed by atoms with Gasteiger partial charge in [0.2, 0.25) is 5.91 Å². The van der Waals surface area contributed by atoms with Crippen molar-refractivity contribution in [1.82, 2.24) is 20.4 Å². The van der Waals surface area contributed by atoms with E-state index in [1.54, 1.807) is 0 Å². The molecule has 0 bridgehead atoms. The summed E-state index contributed by atoms with van der Waals surface area (Å²) < 4.78 is 34.9. The number of thiazole rings is 1. The van der Waals surface area contributed by atoms with Gasteiger partial charge in [-0.25, -0.2) is 13.8 Å². The van der Waals surface area contributed by atoms with Crippen LogP contribution >= 0.6 is 11.3 Å². The van der Waals surface area contributed by atoms with E-state index in [1.807, 2.05) is 13.8 Å². The maximum atomic E-state index is 12.4. The van der Waals surface area contributed by atoms with E-state index in [0.29, 0.717) is 23.3 Å². The molecule has 1 aliphatic carbocycles. The Morgan fingerprint density at radius 1 is 1.30 bits per heavy atom. The van der Waals surface area contributed by atoms with Crippen LogP contribution in [0.15, 0.2) is 4.52 Å². The van der Waals surface area contributed by atoms with E-state index < -0.39 is 13.0 Å². The van der Waals surface area contributed by atoms with Crippen LogP contribution in [-0.4, -0.2) is 53.1 Å². The first kappa shape index (κ1) is 24.1. The van der Waals surface area contributed by atoms with E-state index in [1.165, 1.54) is 11.3 Å². The van der Waals surface area contributed by atoms with Crippen LogP contribution in [0.4, 0.5) is 8.78 Å². The second-order valence-electron chi connectivity index (χ2n) is 9.13. The van der Waals surface area contributed by atoms with E-state index in [9.17, 15) is 13.6 Å². The highest BCUT2D eigenvalue weighted by Gasteiger charge is 2.26. The van der Waals surface area contributed by atoms with E-state index in [2.05, 4.69) is 20.4 Å². The molecule has 0 unspecified atom stereocenters. The van der Waals surface area contributed by atoms with Crippen LogP contribution in [0, 0.1) is 19.8 Å². The molecule has 0 aromatic carbocycles. The Morgan fingerprint density at radius 2 is 2.09 bits per heavy atom. The molecule has 10 heteroatoms. The molecular weight excluding hydrogens is 450 g/mol. The summed E-state index contributed by atoms with van der Waals surface area (Å²) in [7, 11) is 0. The quantitative estimate of drug-likeness (QED) is 0.581. The number of aromatic nitrogens is 2. The largest absolute Gasteiger partial charge is 0.464 e. The first-order chi connectivity index (χ1) is 15.9. The summed E-state index contributed by atoms with van der Waals surface area (Å²) in [6.45, 7) is 5.85. The molecule has 0 spiro atoms. The van der Waals surface area contributed by atoms with Crippen molar-refractivity contribution in [2.24, 2.45) is 5.92 Å². The number of nitrogens with one attached hydrogen (secondary N) is 1. The van der Waals surface area contributed by atoms with Crippen LogP contribution in [-0.2, 0) is 24.2 Å². The summed E-state index contributed by atoms with van der Waals surface area (Å²) in [6, 6.07) is 0.244. The summed E-state index contributed by atoms with van der Waals surface area (Å²) in [5, 5.41) is 7.46. The van der Waals surface area contributed by atoms with Crippen LogP contribution in [0.25, 0.3) is 0 Å². The van der Waals surface area contributed by atoms with Gasteiger partial charge in [0.1, 0.15) is 5.76 Å². The van der Waals surface area contributed by atoms with Gasteiger partial charge in [0.25, 0.3) is 11.6 Å². The van der Waals surface area contributed by atoms with Crippen LogP contribution in [0.1, 0.15) is 59.7 Å². The van der Waals surface area contributed by atoms with Crippen molar-refractivity contribution < 1.29 is 22.8 Å². The smallest absolute Gasteiger partial charge is 0.273 e. The number of fused-ring (bicyclic) bond motifs is 1. The molecule has 1 saturated carbocycles. The average Bonchev–Trinajstić information content (AvgIpc) is 3.34. The van der Waals surface area contributed by atoms with Crippen LogP contribution < -0.4 is 10.1 Å². The summed E-state index contributed by atoms with van der Waals surface area (Å²) in [5.41, 5.74) is 2.64. The fourth-order valence-corrected chi connectivity index (χ4v) is 5.68. The number of halogens is 2. The van der Waals surface area contributed by atoms with Crippen molar-refractivity contribution >= 4 is 17.2 Å². The van der Waals surface area contributed by atoms with Crippen molar-refractivity contribution in [2.75, 3.05) is 19.7 Å². The normalized spacial score (nSPS) is 21.2. The molecule has 2 aliphatic rings. The van der Waals surface area contributed by atoms with Gasteiger partial charge in [0.15, 0.2) is 6.61 Å². The highest BCUT2D eigenvalue weighted by atomic mass is 32.1. The molecule has 0 saturated heterocycles. The lowest BCUT2D eigenvalue weighted by Gasteiger charge is -2.32. The Bertz CT molecular complexity index is 921. The number of alkyl halides is 2. The number of hydrogen-bond donors (Lipinski definition) is 1. The predicted octanol–water partition coefficient (Wildman–Crippen LogP) is 4.06. The maximum absolute atomic E-state index is 12.4. The fourth-order valence-electron chi connectivity index (χ4n) is 4.77. The van der Waals surface area contributed by atoms with E-state index in [4.69, 9.17) is 9.26 Å². The Balaban J connectivity index is 1.16. The molecule has 0 radical (unpaired) electrons. The number of nitrogens with zero attached hydrogens (tertiary/aromatic N) is 3. The molecule has 33 heavy (non-hydrogen) atoms. The molecular formula is C23H32F2N4O3S. The average molecular weight is 483 g/mol. The lowest BCUT2D eigenvalue weighted by molar-refractivity contribution is -0.121. The minimum absolute atomic E-state index is 0.0390. The predicted molar refractivity (Wildman–Crippen MR) is 121 cm³/mol. The molecule has 2 aromatic rings. The first-order valence-electron chi connectivity index (χ1n) is 11.7. The van der Waals surface area contributed by atoms with Gasteiger partial charge >= 0.3 is 0 Å². The maximum Gasteiger partial charge on any atom is 0.273 e. The minimum atomic E-state index is -2.48. The molecule has 3 heterocycles. The van der Waals surface area contributed by atoms with E-state index in [0.717, 1.165) is 80.0 Å². The molecule has 7 nitrogen and oxygen atoms in total. The van der Waals surface area contributed by atoms with Crippen LogP contribution in [0.5, 0.6) is 5.19 Å². The fraction of sp³-hybridized carbons (Fsp3) is 0.696. The molecule has 1 amide bonds. The third-order valence-corrected chi connectivity index (χ3v) is 7.77. The first-order valence-corrected chi connectivity index (χ1v) is 12.5. The monoisotopic (exact) mass is 482 g/mol. The van der Waals surface area contributed by atoms with Gasteiger partial charge < -0.3 is 14.6 Å². The Morgan fingerprint density at radius 3 is 2.79 bits per heavy atom. The highest BCUT2D eigenvalue weighted by Crippen LogP contribution is 2.31. The molecule has 1 N–H and O–H groups in total. The van der Waals surface area contributed by atoms with Gasteiger partial charge in [0, 0.05) is 29.6 Å². The topological polar surface area (TPSA) is 80.5 Å². The lowest BCUT2D eigenvalue weighted by atomic mass is 9.84. The van der Waals surface area contributed by atoms with Gasteiger partial charge in [-0.1, -0.05) is 16.5 Å². The Labute approximate surface area is 196 Å². The highest BCUT2D eigenvalue weighted by molar-refractivity contribution is 7.13. The number of rotatable bonds is 9. The number of ether oxygens (including phenoxy) is 1. The van der Waals surface area contributed by atoms with Gasteiger partial charge in [-0.2, -0.15) is 0 Å². The van der Waals surface area contributed by atoms with Gasteiger partial charge in [0.05, 0.1) is 17.8 Å². The number of hydrogen-bond acceptors (Lipinski definition) is 7. The zero-order chi connectivity index (χ0) is 23.4. The van der Waals surface area contributed by atoms with Crippen molar-refractivity contribution in [3.05, 3.63) is 27.6 Å². The van der Waals surface area contributed by atoms with Gasteiger partial charge in [-0.3, -0.25) is 9.69 Å². The third kappa shape index (κ3) is 6.50. The standard InChI is InChI=1S/C23H32F2N4O3S/c1-14-18(15(2)32-28-14)11-22(30)26-17-5-3-16(4-6-17)7-9-29-10-8-20-19(12-29)27-23(33-20)31-13-21(24)25/h16-17,21H,3-13H2,1-2H3,(H,26,30)/t16-,17-. The lowest BCUT2D eigenvalue weighted by Crippen LogP contribution is -2.39. The van der Waals surface area contributed by atoms with Crippen molar-refractivity contribution in [3.8, 4) is 5.19 Å². The zero-order valence-corrected chi connectivity index (χ0v) is 20.1. The van der Waals surface area contributed by atoms with E-state index in [-0.39, 0.29) is 11.9 Å². The van der Waals surface area contributed by atoms with Crippen LogP contribution in [0.2, 0.25) is 0 Å².